The summed E-state index contributed by atoms with van der Waals surface area (Å²) in [7, 11) is 0. The minimum absolute atomic E-state index is 0.0123. The molecule has 0 radical (unpaired) electrons. The summed E-state index contributed by atoms with van der Waals surface area (Å²) >= 11 is 0. The normalized spacial score (nSPS) is 10.0. The average molecular weight is 350 g/mol. The van der Waals surface area contributed by atoms with Crippen molar-refractivity contribution in [3.8, 4) is 11.8 Å². The van der Waals surface area contributed by atoms with Gasteiger partial charge in [-0.15, -0.1) is 0 Å². The smallest absolute Gasteiger partial charge is 0.224 e. The average Bonchev–Trinajstić information content (AvgIpc) is 2.67. The van der Waals surface area contributed by atoms with Crippen LogP contribution in [0.3, 0.4) is 0 Å². The molecule has 0 heterocycles. The van der Waals surface area contributed by atoms with Gasteiger partial charge in [-0.05, 0) is 55.0 Å². The predicted octanol–water partition coefficient (Wildman–Crippen LogP) is 4.34. The molecule has 2 aromatic carbocycles. The Morgan fingerprint density at radius 1 is 1.04 bits per heavy atom. The van der Waals surface area contributed by atoms with Crippen LogP contribution >= 0.6 is 0 Å². The molecule has 0 saturated heterocycles. The lowest BCUT2D eigenvalue weighted by Crippen LogP contribution is -2.13. The summed E-state index contributed by atoms with van der Waals surface area (Å²) in [5, 5.41) is 11.6. The summed E-state index contributed by atoms with van der Waals surface area (Å²) in [6.45, 7) is 2.01. The molecule has 1 N–H and O–H groups in total. The number of carbonyl (C=O) groups excluding carboxylic acids is 2. The number of nitrogens with zero attached hydrogens (tertiary/aromatic N) is 1. The number of hydrogen-bond acceptors (Lipinski definition) is 4. The summed E-state index contributed by atoms with van der Waals surface area (Å²) in [6, 6.07) is 15.4. The number of anilines is 1. The quantitative estimate of drug-likeness (QED) is 0.539. The van der Waals surface area contributed by atoms with Gasteiger partial charge in [0.1, 0.15) is 5.75 Å². The maximum atomic E-state index is 12.2. The first-order chi connectivity index (χ1) is 12.6. The Kier molecular flexibility index (Phi) is 7.38. The van der Waals surface area contributed by atoms with Gasteiger partial charge in [0.25, 0.3) is 0 Å². The Balaban J connectivity index is 1.83. The topological polar surface area (TPSA) is 79.2 Å². The van der Waals surface area contributed by atoms with Crippen molar-refractivity contribution in [2.75, 3.05) is 11.9 Å². The van der Waals surface area contributed by atoms with Crippen molar-refractivity contribution >= 4 is 17.4 Å². The molecule has 0 fully saturated rings. The number of Topliss-reactive ketones (excluding diaryl/α,β-unsaturated/α-hetero) is 1. The van der Waals surface area contributed by atoms with Crippen molar-refractivity contribution in [2.24, 2.45) is 0 Å². The summed E-state index contributed by atoms with van der Waals surface area (Å²) in [5.41, 5.74) is 1.73. The number of nitriles is 1. The number of ether oxygens (including phenoxy) is 1. The molecular formula is C21H22N2O3. The van der Waals surface area contributed by atoms with E-state index in [0.29, 0.717) is 29.0 Å². The third kappa shape index (κ3) is 6.06. The van der Waals surface area contributed by atoms with Crippen molar-refractivity contribution in [1.82, 2.24) is 0 Å². The molecule has 0 unspecified atom stereocenters. The summed E-state index contributed by atoms with van der Waals surface area (Å²) in [5.74, 6) is 0.366. The Labute approximate surface area is 153 Å². The van der Waals surface area contributed by atoms with Crippen molar-refractivity contribution < 1.29 is 14.3 Å². The van der Waals surface area contributed by atoms with Gasteiger partial charge >= 0.3 is 0 Å². The standard InChI is InChI=1S/C21H22N2O3/c1-2-3-4-5-21(25)23-18-10-8-17(9-11-18)20(24)15-26-19-12-6-16(14-22)7-13-19/h6-13H,2-5,15H2,1H3,(H,23,25). The Morgan fingerprint density at radius 3 is 2.35 bits per heavy atom. The van der Waals surface area contributed by atoms with E-state index < -0.39 is 0 Å². The number of rotatable bonds is 9. The SMILES string of the molecule is CCCCCC(=O)Nc1ccc(C(=O)COc2ccc(C#N)cc2)cc1. The molecule has 5 heteroatoms. The van der Waals surface area contributed by atoms with E-state index in [1.165, 1.54) is 0 Å². The highest BCUT2D eigenvalue weighted by Gasteiger charge is 2.08. The number of amides is 1. The highest BCUT2D eigenvalue weighted by atomic mass is 16.5. The van der Waals surface area contributed by atoms with Crippen molar-refractivity contribution in [3.05, 3.63) is 59.7 Å². The van der Waals surface area contributed by atoms with Crippen LogP contribution in [0.1, 0.15) is 48.5 Å². The number of ketones is 1. The number of unbranched alkanes of at least 4 members (excludes halogenated alkanes) is 2. The second-order valence-electron chi connectivity index (χ2n) is 5.93. The fourth-order valence-electron chi connectivity index (χ4n) is 2.36. The van der Waals surface area contributed by atoms with Gasteiger partial charge in [-0.2, -0.15) is 5.26 Å². The van der Waals surface area contributed by atoms with Gasteiger partial charge in [0.2, 0.25) is 5.91 Å². The highest BCUT2D eigenvalue weighted by molar-refractivity contribution is 5.98. The molecular weight excluding hydrogens is 328 g/mol. The molecule has 26 heavy (non-hydrogen) atoms. The van der Waals surface area contributed by atoms with Gasteiger partial charge in [-0.3, -0.25) is 9.59 Å². The van der Waals surface area contributed by atoms with E-state index in [2.05, 4.69) is 12.2 Å². The number of benzene rings is 2. The van der Waals surface area contributed by atoms with Crippen LogP contribution < -0.4 is 10.1 Å². The van der Waals surface area contributed by atoms with Crippen LogP contribution in [-0.4, -0.2) is 18.3 Å². The number of nitrogens with one attached hydrogen (secondary N) is 1. The molecule has 1 amide bonds. The van der Waals surface area contributed by atoms with E-state index in [-0.39, 0.29) is 18.3 Å². The number of hydrogen-bond donors (Lipinski definition) is 1. The Morgan fingerprint density at radius 2 is 1.73 bits per heavy atom. The lowest BCUT2D eigenvalue weighted by atomic mass is 10.1. The van der Waals surface area contributed by atoms with E-state index in [1.807, 2.05) is 6.07 Å². The molecule has 0 saturated carbocycles. The monoisotopic (exact) mass is 350 g/mol. The van der Waals surface area contributed by atoms with Crippen LogP contribution in [0.5, 0.6) is 5.75 Å². The van der Waals surface area contributed by atoms with Crippen LogP contribution in [0.4, 0.5) is 5.69 Å². The van der Waals surface area contributed by atoms with Gasteiger partial charge in [-0.25, -0.2) is 0 Å². The fourth-order valence-corrected chi connectivity index (χ4v) is 2.36. The van der Waals surface area contributed by atoms with Crippen molar-refractivity contribution in [1.29, 1.82) is 5.26 Å². The largest absolute Gasteiger partial charge is 0.485 e. The first-order valence-electron chi connectivity index (χ1n) is 8.68. The molecule has 2 rings (SSSR count). The van der Waals surface area contributed by atoms with Crippen molar-refractivity contribution in [3.63, 3.8) is 0 Å². The third-order valence-corrected chi connectivity index (χ3v) is 3.85. The minimum atomic E-state index is -0.157. The number of carbonyl (C=O) groups is 2. The maximum absolute atomic E-state index is 12.2. The van der Waals surface area contributed by atoms with E-state index in [9.17, 15) is 9.59 Å². The lowest BCUT2D eigenvalue weighted by Gasteiger charge is -2.07. The Hall–Kier alpha value is -3.13. The van der Waals surface area contributed by atoms with E-state index in [0.717, 1.165) is 19.3 Å². The van der Waals surface area contributed by atoms with Crippen LogP contribution in [0.15, 0.2) is 48.5 Å². The maximum Gasteiger partial charge on any atom is 0.224 e. The second kappa shape index (κ2) is 10.00. The first-order valence-corrected chi connectivity index (χ1v) is 8.68. The van der Waals surface area contributed by atoms with Gasteiger partial charge in [0, 0.05) is 17.7 Å². The van der Waals surface area contributed by atoms with E-state index >= 15 is 0 Å². The molecule has 5 nitrogen and oxygen atoms in total. The summed E-state index contributed by atoms with van der Waals surface area (Å²) < 4.78 is 5.44. The summed E-state index contributed by atoms with van der Waals surface area (Å²) in [6.07, 6.45) is 3.51. The minimum Gasteiger partial charge on any atom is -0.485 e. The van der Waals surface area contributed by atoms with Crippen molar-refractivity contribution in [2.45, 2.75) is 32.6 Å². The van der Waals surface area contributed by atoms with E-state index in [4.69, 9.17) is 10.00 Å². The van der Waals surface area contributed by atoms with Gasteiger partial charge in [0.05, 0.1) is 11.6 Å². The van der Waals surface area contributed by atoms with Gasteiger partial charge < -0.3 is 10.1 Å². The molecule has 0 aromatic heterocycles. The lowest BCUT2D eigenvalue weighted by molar-refractivity contribution is -0.116. The zero-order chi connectivity index (χ0) is 18.8. The van der Waals surface area contributed by atoms with Gasteiger partial charge in [0.15, 0.2) is 12.4 Å². The molecule has 0 bridgehead atoms. The Bertz CT molecular complexity index is 774. The summed E-state index contributed by atoms with van der Waals surface area (Å²) in [4.78, 5) is 24.0. The highest BCUT2D eigenvalue weighted by Crippen LogP contribution is 2.14. The van der Waals surface area contributed by atoms with Crippen LogP contribution in [0.2, 0.25) is 0 Å². The third-order valence-electron chi connectivity index (χ3n) is 3.85. The fraction of sp³-hybridized carbons (Fsp3) is 0.286. The van der Waals surface area contributed by atoms with Crippen LogP contribution in [0, 0.1) is 11.3 Å². The zero-order valence-electron chi connectivity index (χ0n) is 14.8. The molecule has 134 valence electrons. The molecule has 0 spiro atoms. The molecule has 0 aliphatic carbocycles. The molecule has 0 aliphatic rings. The molecule has 0 aliphatic heterocycles. The molecule has 2 aromatic rings. The second-order valence-corrected chi connectivity index (χ2v) is 5.93. The predicted molar refractivity (Wildman–Crippen MR) is 100 cm³/mol. The van der Waals surface area contributed by atoms with Gasteiger partial charge in [-0.1, -0.05) is 19.8 Å². The van der Waals surface area contributed by atoms with Crippen LogP contribution in [-0.2, 0) is 4.79 Å². The van der Waals surface area contributed by atoms with E-state index in [1.54, 1.807) is 48.5 Å². The molecule has 0 atom stereocenters. The zero-order valence-corrected chi connectivity index (χ0v) is 14.8. The first kappa shape index (κ1) is 19.2. The van der Waals surface area contributed by atoms with Crippen LogP contribution in [0.25, 0.3) is 0 Å².